The van der Waals surface area contributed by atoms with Gasteiger partial charge in [-0.15, -0.1) is 0 Å². The molecule has 0 amide bonds. The van der Waals surface area contributed by atoms with Gasteiger partial charge in [0, 0.05) is 19.4 Å². The maximum atomic E-state index is 11.7. The number of ether oxygens (including phenoxy) is 1. The number of hydrogen-bond donors (Lipinski definition) is 0. The van der Waals surface area contributed by atoms with E-state index in [9.17, 15) is 4.79 Å². The van der Waals surface area contributed by atoms with Gasteiger partial charge in [0.2, 0.25) is 0 Å². The maximum absolute atomic E-state index is 11.7. The fraction of sp³-hybridized carbons (Fsp3) is 0.556. The van der Waals surface area contributed by atoms with Crippen LogP contribution in [0.15, 0.2) is 21.5 Å². The molecule has 0 aromatic carbocycles. The predicted molar refractivity (Wildman–Crippen MR) is 55.3 cm³/mol. The third-order valence-electron chi connectivity index (χ3n) is 2.36. The van der Waals surface area contributed by atoms with E-state index in [0.717, 1.165) is 12.8 Å². The third kappa shape index (κ3) is 1.88. The molecule has 1 aromatic heterocycles. The minimum atomic E-state index is -0.0561. The third-order valence-corrected chi connectivity index (χ3v) is 2.96. The van der Waals surface area contributed by atoms with Gasteiger partial charge in [-0.25, -0.2) is 4.68 Å². The van der Waals surface area contributed by atoms with Crippen LogP contribution in [0.3, 0.4) is 0 Å². The van der Waals surface area contributed by atoms with E-state index in [1.165, 1.54) is 0 Å². The molecule has 1 fully saturated rings. The fourth-order valence-corrected chi connectivity index (χ4v) is 1.89. The van der Waals surface area contributed by atoms with E-state index in [1.807, 2.05) is 0 Å². The highest BCUT2D eigenvalue weighted by molar-refractivity contribution is 9.10. The normalized spacial score (nSPS) is 18.4. The van der Waals surface area contributed by atoms with Crippen LogP contribution in [0.5, 0.6) is 0 Å². The summed E-state index contributed by atoms with van der Waals surface area (Å²) < 4.78 is 7.35. The van der Waals surface area contributed by atoms with Gasteiger partial charge in [-0.3, -0.25) is 4.79 Å². The van der Waals surface area contributed by atoms with Crippen LogP contribution in [-0.4, -0.2) is 23.0 Å². The molecule has 0 unspecified atom stereocenters. The molecule has 0 radical (unpaired) electrons. The average molecular weight is 259 g/mol. The van der Waals surface area contributed by atoms with E-state index in [0.29, 0.717) is 17.7 Å². The molecule has 14 heavy (non-hydrogen) atoms. The molecule has 1 saturated heterocycles. The van der Waals surface area contributed by atoms with Crippen LogP contribution in [0.4, 0.5) is 0 Å². The van der Waals surface area contributed by atoms with Crippen LogP contribution in [0.1, 0.15) is 18.9 Å². The molecule has 4 nitrogen and oxygen atoms in total. The van der Waals surface area contributed by atoms with Gasteiger partial charge < -0.3 is 4.74 Å². The van der Waals surface area contributed by atoms with Crippen molar-refractivity contribution in [3.63, 3.8) is 0 Å². The Kier molecular flexibility index (Phi) is 2.98. The van der Waals surface area contributed by atoms with E-state index in [1.54, 1.807) is 16.9 Å². The molecule has 0 spiro atoms. The van der Waals surface area contributed by atoms with Crippen LogP contribution in [-0.2, 0) is 4.74 Å². The summed E-state index contributed by atoms with van der Waals surface area (Å²) in [6.45, 7) is 1.43. The Bertz CT molecular complexity index is 371. The quantitative estimate of drug-likeness (QED) is 0.764. The Hall–Kier alpha value is -0.680. The first-order chi connectivity index (χ1) is 6.79. The Morgan fingerprint density at radius 1 is 1.50 bits per heavy atom. The minimum absolute atomic E-state index is 0.0561. The van der Waals surface area contributed by atoms with Gasteiger partial charge in [0.25, 0.3) is 5.56 Å². The second-order valence-electron chi connectivity index (χ2n) is 3.27. The van der Waals surface area contributed by atoms with E-state index in [-0.39, 0.29) is 11.6 Å². The molecule has 2 heterocycles. The zero-order valence-corrected chi connectivity index (χ0v) is 9.24. The highest BCUT2D eigenvalue weighted by Gasteiger charge is 2.18. The van der Waals surface area contributed by atoms with E-state index < -0.39 is 0 Å². The summed E-state index contributed by atoms with van der Waals surface area (Å²) in [6.07, 6.45) is 3.37. The van der Waals surface area contributed by atoms with Gasteiger partial charge >= 0.3 is 0 Å². The number of nitrogens with zero attached hydrogens (tertiary/aromatic N) is 2. The number of rotatable bonds is 1. The molecule has 0 atom stereocenters. The first-order valence-electron chi connectivity index (χ1n) is 4.60. The van der Waals surface area contributed by atoms with Gasteiger partial charge in [0.15, 0.2) is 0 Å². The molecule has 0 N–H and O–H groups in total. The molecular weight excluding hydrogens is 248 g/mol. The molecule has 1 aromatic rings. The molecule has 0 bridgehead atoms. The molecule has 1 aliphatic heterocycles. The summed E-state index contributed by atoms with van der Waals surface area (Å²) in [7, 11) is 0. The first-order valence-corrected chi connectivity index (χ1v) is 5.39. The summed E-state index contributed by atoms with van der Waals surface area (Å²) in [5.41, 5.74) is -0.0561. The lowest BCUT2D eigenvalue weighted by molar-refractivity contribution is 0.0647. The van der Waals surface area contributed by atoms with Crippen molar-refractivity contribution < 1.29 is 4.74 Å². The summed E-state index contributed by atoms with van der Waals surface area (Å²) in [4.78, 5) is 11.7. The number of aromatic nitrogens is 2. The van der Waals surface area contributed by atoms with Crippen LogP contribution < -0.4 is 5.56 Å². The smallest absolute Gasteiger partial charge is 0.281 e. The van der Waals surface area contributed by atoms with Crippen LogP contribution in [0.25, 0.3) is 0 Å². The lowest BCUT2D eigenvalue weighted by atomic mass is 10.1. The van der Waals surface area contributed by atoms with Crippen LogP contribution in [0, 0.1) is 0 Å². The van der Waals surface area contributed by atoms with Gasteiger partial charge in [-0.1, -0.05) is 0 Å². The molecule has 0 saturated carbocycles. The van der Waals surface area contributed by atoms with Crippen molar-refractivity contribution in [2.24, 2.45) is 0 Å². The maximum Gasteiger partial charge on any atom is 0.281 e. The summed E-state index contributed by atoms with van der Waals surface area (Å²) in [6, 6.07) is 1.85. The van der Waals surface area contributed by atoms with Crippen molar-refractivity contribution in [1.82, 2.24) is 9.78 Å². The van der Waals surface area contributed by atoms with Crippen molar-refractivity contribution in [3.05, 3.63) is 27.1 Å². The Morgan fingerprint density at radius 3 is 2.93 bits per heavy atom. The Labute approximate surface area is 90.0 Å². The Morgan fingerprint density at radius 2 is 2.21 bits per heavy atom. The molecule has 0 aliphatic carbocycles. The van der Waals surface area contributed by atoms with Crippen molar-refractivity contribution in [2.75, 3.05) is 13.2 Å². The van der Waals surface area contributed by atoms with E-state index in [2.05, 4.69) is 21.0 Å². The zero-order valence-electron chi connectivity index (χ0n) is 7.65. The zero-order chi connectivity index (χ0) is 9.97. The molecular formula is C9H11BrN2O2. The predicted octanol–water partition coefficient (Wildman–Crippen LogP) is 1.36. The van der Waals surface area contributed by atoms with Crippen molar-refractivity contribution in [1.29, 1.82) is 0 Å². The van der Waals surface area contributed by atoms with Crippen molar-refractivity contribution in [3.8, 4) is 0 Å². The van der Waals surface area contributed by atoms with Crippen molar-refractivity contribution >= 4 is 15.9 Å². The monoisotopic (exact) mass is 258 g/mol. The molecule has 2 rings (SSSR count). The number of halogens is 1. The first kappa shape index (κ1) is 9.86. The SMILES string of the molecule is O=c1c(Br)ccnn1C1CCOCC1. The fourth-order valence-electron chi connectivity index (χ4n) is 1.59. The van der Waals surface area contributed by atoms with E-state index in [4.69, 9.17) is 4.74 Å². The van der Waals surface area contributed by atoms with Gasteiger partial charge in [-0.2, -0.15) is 5.10 Å². The largest absolute Gasteiger partial charge is 0.381 e. The second kappa shape index (κ2) is 4.23. The van der Waals surface area contributed by atoms with Crippen LogP contribution in [0.2, 0.25) is 0 Å². The van der Waals surface area contributed by atoms with Gasteiger partial charge in [-0.05, 0) is 34.8 Å². The summed E-state index contributed by atoms with van der Waals surface area (Å²) >= 11 is 3.21. The summed E-state index contributed by atoms with van der Waals surface area (Å²) in [5, 5.41) is 4.08. The van der Waals surface area contributed by atoms with E-state index >= 15 is 0 Å². The van der Waals surface area contributed by atoms with Crippen LogP contribution >= 0.6 is 15.9 Å². The standard InChI is InChI=1S/C9H11BrN2O2/c10-8-1-4-11-12(9(8)13)7-2-5-14-6-3-7/h1,4,7H,2-3,5-6H2. The highest BCUT2D eigenvalue weighted by atomic mass is 79.9. The topological polar surface area (TPSA) is 44.1 Å². The average Bonchev–Trinajstić information content (AvgIpc) is 2.23. The molecule has 76 valence electrons. The Balaban J connectivity index is 2.31. The molecule has 5 heteroatoms. The second-order valence-corrected chi connectivity index (χ2v) is 4.13. The number of hydrogen-bond acceptors (Lipinski definition) is 3. The lowest BCUT2D eigenvalue weighted by Gasteiger charge is -2.22. The minimum Gasteiger partial charge on any atom is -0.381 e. The lowest BCUT2D eigenvalue weighted by Crippen LogP contribution is -2.31. The van der Waals surface area contributed by atoms with Crippen molar-refractivity contribution in [2.45, 2.75) is 18.9 Å². The van der Waals surface area contributed by atoms with Gasteiger partial charge in [0.05, 0.1) is 10.5 Å². The molecule has 1 aliphatic rings. The highest BCUT2D eigenvalue weighted by Crippen LogP contribution is 2.18. The summed E-state index contributed by atoms with van der Waals surface area (Å²) in [5.74, 6) is 0. The van der Waals surface area contributed by atoms with Gasteiger partial charge in [0.1, 0.15) is 0 Å².